The van der Waals surface area contributed by atoms with Crippen molar-refractivity contribution in [2.75, 3.05) is 36.7 Å². The molecule has 8 nitrogen and oxygen atoms in total. The Balaban J connectivity index is 2.45. The predicted octanol–water partition coefficient (Wildman–Crippen LogP) is 0.0779. The normalized spacial score (nSPS) is 19.3. The van der Waals surface area contributed by atoms with E-state index in [1.165, 1.54) is 6.07 Å². The predicted molar refractivity (Wildman–Crippen MR) is 69.9 cm³/mol. The number of nitrogens with two attached hydrogens (primary N) is 1. The molecule has 1 aromatic rings. The Morgan fingerprint density at radius 3 is 3.05 bits per heavy atom. The summed E-state index contributed by atoms with van der Waals surface area (Å²) in [5, 5.41) is 20.6. The molecule has 1 aromatic carbocycles. The molecule has 0 radical (unpaired) electrons. The van der Waals surface area contributed by atoms with E-state index in [-0.39, 0.29) is 24.0 Å². The van der Waals surface area contributed by atoms with Gasteiger partial charge in [-0.3, -0.25) is 16.0 Å². The molecular weight excluding hydrogens is 252 g/mol. The van der Waals surface area contributed by atoms with Crippen LogP contribution < -0.4 is 16.2 Å². The maximum absolute atomic E-state index is 11.2. The molecule has 19 heavy (non-hydrogen) atoms. The van der Waals surface area contributed by atoms with Crippen LogP contribution in [0.4, 0.5) is 17.1 Å². The molecule has 1 aliphatic heterocycles. The van der Waals surface area contributed by atoms with Crippen LogP contribution in [-0.4, -0.2) is 42.4 Å². The first-order valence-electron chi connectivity index (χ1n) is 5.88. The Morgan fingerprint density at radius 2 is 2.42 bits per heavy atom. The van der Waals surface area contributed by atoms with Crippen molar-refractivity contribution in [3.8, 4) is 0 Å². The summed E-state index contributed by atoms with van der Waals surface area (Å²) in [5.41, 5.74) is 2.91. The number of hydrogen-bond acceptors (Lipinski definition) is 7. The van der Waals surface area contributed by atoms with Crippen molar-refractivity contribution in [1.29, 1.82) is 0 Å². The van der Waals surface area contributed by atoms with Gasteiger partial charge in [0, 0.05) is 6.54 Å². The van der Waals surface area contributed by atoms with Crippen LogP contribution in [0.1, 0.15) is 0 Å². The molecular formula is C11H16N4O4. The standard InChI is InChI=1S/C11H16N4O4/c12-13-9-2-1-3-10(11(9)15(17)18)14-4-5-19-7-8(14)6-16/h1-3,8,13,16H,4-7,12H2. The van der Waals surface area contributed by atoms with Gasteiger partial charge < -0.3 is 20.2 Å². The maximum atomic E-state index is 11.2. The minimum atomic E-state index is -0.478. The number of nitrogens with one attached hydrogen (secondary N) is 1. The first-order chi connectivity index (χ1) is 9.19. The molecule has 0 amide bonds. The third-order valence-corrected chi connectivity index (χ3v) is 3.10. The van der Waals surface area contributed by atoms with Gasteiger partial charge in [0.1, 0.15) is 11.4 Å². The molecule has 1 saturated heterocycles. The number of nitrogens with zero attached hydrogens (tertiary/aromatic N) is 2. The van der Waals surface area contributed by atoms with Crippen LogP contribution in [0, 0.1) is 10.1 Å². The second kappa shape index (κ2) is 5.83. The third-order valence-electron chi connectivity index (χ3n) is 3.10. The van der Waals surface area contributed by atoms with Crippen molar-refractivity contribution < 1.29 is 14.8 Å². The van der Waals surface area contributed by atoms with Crippen molar-refractivity contribution in [3.05, 3.63) is 28.3 Å². The van der Waals surface area contributed by atoms with E-state index in [2.05, 4.69) is 5.43 Å². The molecule has 0 aromatic heterocycles. The lowest BCUT2D eigenvalue weighted by Gasteiger charge is -2.36. The van der Waals surface area contributed by atoms with E-state index in [9.17, 15) is 15.2 Å². The molecule has 1 fully saturated rings. The van der Waals surface area contributed by atoms with Gasteiger partial charge in [0.25, 0.3) is 0 Å². The number of ether oxygens (including phenoxy) is 1. The van der Waals surface area contributed by atoms with Gasteiger partial charge in [-0.1, -0.05) is 6.07 Å². The van der Waals surface area contributed by atoms with Gasteiger partial charge in [0.05, 0.1) is 30.8 Å². The average molecular weight is 268 g/mol. The van der Waals surface area contributed by atoms with E-state index < -0.39 is 4.92 Å². The van der Waals surface area contributed by atoms with E-state index >= 15 is 0 Å². The fourth-order valence-electron chi connectivity index (χ4n) is 2.19. The Morgan fingerprint density at radius 1 is 1.63 bits per heavy atom. The van der Waals surface area contributed by atoms with Gasteiger partial charge in [0.15, 0.2) is 0 Å². The lowest BCUT2D eigenvalue weighted by Crippen LogP contribution is -2.47. The van der Waals surface area contributed by atoms with Crippen molar-refractivity contribution in [3.63, 3.8) is 0 Å². The van der Waals surface area contributed by atoms with Crippen LogP contribution in [0.15, 0.2) is 18.2 Å². The highest BCUT2D eigenvalue weighted by molar-refractivity contribution is 5.77. The van der Waals surface area contributed by atoms with Crippen LogP contribution in [0.3, 0.4) is 0 Å². The largest absolute Gasteiger partial charge is 0.394 e. The van der Waals surface area contributed by atoms with Gasteiger partial charge in [-0.2, -0.15) is 0 Å². The third kappa shape index (κ3) is 2.60. The van der Waals surface area contributed by atoms with E-state index in [0.717, 1.165) is 0 Å². The van der Waals surface area contributed by atoms with Crippen molar-refractivity contribution in [2.24, 2.45) is 5.84 Å². The minimum absolute atomic E-state index is 0.0923. The van der Waals surface area contributed by atoms with Crippen LogP contribution in [0.2, 0.25) is 0 Å². The first-order valence-corrected chi connectivity index (χ1v) is 5.88. The van der Waals surface area contributed by atoms with E-state index in [1.807, 2.05) is 0 Å². The molecule has 0 bridgehead atoms. The molecule has 4 N–H and O–H groups in total. The Hall–Kier alpha value is -1.90. The SMILES string of the molecule is NNc1cccc(N2CCOCC2CO)c1[N+](=O)[O-]. The molecule has 1 heterocycles. The van der Waals surface area contributed by atoms with Gasteiger partial charge in [-0.05, 0) is 12.1 Å². The number of hydrazine groups is 1. The molecule has 104 valence electrons. The molecule has 2 rings (SSSR count). The summed E-state index contributed by atoms with van der Waals surface area (Å²) in [4.78, 5) is 12.5. The Kier molecular flexibility index (Phi) is 4.15. The minimum Gasteiger partial charge on any atom is -0.394 e. The van der Waals surface area contributed by atoms with Gasteiger partial charge >= 0.3 is 5.69 Å². The summed E-state index contributed by atoms with van der Waals surface area (Å²) >= 11 is 0. The lowest BCUT2D eigenvalue weighted by atomic mass is 10.1. The zero-order valence-corrected chi connectivity index (χ0v) is 10.3. The van der Waals surface area contributed by atoms with Crippen molar-refractivity contribution >= 4 is 17.1 Å². The van der Waals surface area contributed by atoms with E-state index in [1.54, 1.807) is 17.0 Å². The topological polar surface area (TPSA) is 114 Å². The number of para-hydroxylation sites is 1. The summed E-state index contributed by atoms with van der Waals surface area (Å²) in [6.07, 6.45) is 0. The van der Waals surface area contributed by atoms with E-state index in [4.69, 9.17) is 10.6 Å². The van der Waals surface area contributed by atoms with Gasteiger partial charge in [-0.15, -0.1) is 0 Å². The number of anilines is 2. The monoisotopic (exact) mass is 268 g/mol. The van der Waals surface area contributed by atoms with Crippen LogP contribution in [0.25, 0.3) is 0 Å². The lowest BCUT2D eigenvalue weighted by molar-refractivity contribution is -0.383. The quantitative estimate of drug-likeness (QED) is 0.402. The Bertz CT molecular complexity index is 468. The van der Waals surface area contributed by atoms with Crippen LogP contribution in [0.5, 0.6) is 0 Å². The number of rotatable bonds is 4. The highest BCUT2D eigenvalue weighted by Crippen LogP contribution is 2.36. The summed E-state index contributed by atoms with van der Waals surface area (Å²) in [5.74, 6) is 5.31. The maximum Gasteiger partial charge on any atom is 0.316 e. The van der Waals surface area contributed by atoms with Gasteiger partial charge in [-0.25, -0.2) is 0 Å². The summed E-state index contributed by atoms with van der Waals surface area (Å²) in [6.45, 7) is 1.17. The number of aliphatic hydroxyl groups is 1. The molecule has 1 unspecified atom stereocenters. The Labute approximate surface area is 109 Å². The average Bonchev–Trinajstić information content (AvgIpc) is 2.46. The second-order valence-electron chi connectivity index (χ2n) is 4.18. The number of nitrogen functional groups attached to an aromatic ring is 1. The number of morpholine rings is 1. The molecule has 1 atom stereocenters. The number of hydrogen-bond donors (Lipinski definition) is 3. The molecule has 0 aliphatic carbocycles. The summed E-state index contributed by atoms with van der Waals surface area (Å²) in [6, 6.07) is 4.57. The summed E-state index contributed by atoms with van der Waals surface area (Å²) in [7, 11) is 0. The zero-order valence-electron chi connectivity index (χ0n) is 10.3. The molecule has 1 aliphatic rings. The highest BCUT2D eigenvalue weighted by Gasteiger charge is 2.30. The smallest absolute Gasteiger partial charge is 0.316 e. The van der Waals surface area contributed by atoms with Crippen molar-refractivity contribution in [2.45, 2.75) is 6.04 Å². The summed E-state index contributed by atoms with van der Waals surface area (Å²) < 4.78 is 5.27. The number of aliphatic hydroxyl groups excluding tert-OH is 1. The molecule has 0 saturated carbocycles. The fraction of sp³-hybridized carbons (Fsp3) is 0.455. The second-order valence-corrected chi connectivity index (χ2v) is 4.18. The molecule has 0 spiro atoms. The first kappa shape index (κ1) is 13.5. The zero-order chi connectivity index (χ0) is 13.8. The number of nitro benzene ring substituents is 1. The number of benzene rings is 1. The van der Waals surface area contributed by atoms with E-state index in [0.29, 0.717) is 25.4 Å². The van der Waals surface area contributed by atoms with Crippen molar-refractivity contribution in [1.82, 2.24) is 0 Å². The number of nitro groups is 1. The highest BCUT2D eigenvalue weighted by atomic mass is 16.6. The molecule has 8 heteroatoms. The van der Waals surface area contributed by atoms with Crippen LogP contribution in [-0.2, 0) is 4.74 Å². The fourth-order valence-corrected chi connectivity index (χ4v) is 2.19. The van der Waals surface area contributed by atoms with Crippen LogP contribution >= 0.6 is 0 Å². The van der Waals surface area contributed by atoms with Gasteiger partial charge in [0.2, 0.25) is 0 Å².